The maximum atomic E-state index is 13.3. The van der Waals surface area contributed by atoms with Crippen LogP contribution in [-0.2, 0) is 21.6 Å². The summed E-state index contributed by atoms with van der Waals surface area (Å²) < 4.78 is 11.4. The maximum Gasteiger partial charge on any atom is 0.335 e. The summed E-state index contributed by atoms with van der Waals surface area (Å²) in [5.41, 5.74) is 1.55. The van der Waals surface area contributed by atoms with Gasteiger partial charge in [-0.05, 0) is 35.4 Å². The summed E-state index contributed by atoms with van der Waals surface area (Å²) in [7, 11) is 1.54. The first kappa shape index (κ1) is 21.6. The van der Waals surface area contributed by atoms with Crippen molar-refractivity contribution >= 4 is 36.3 Å². The molecule has 9 nitrogen and oxygen atoms in total. The van der Waals surface area contributed by atoms with Gasteiger partial charge in [0.05, 0.1) is 26.9 Å². The molecular formula is C23H24N4O5S. The maximum absolute atomic E-state index is 13.3. The fraction of sp³-hybridized carbons (Fsp3) is 0.348. The van der Waals surface area contributed by atoms with Gasteiger partial charge >= 0.3 is 6.03 Å². The van der Waals surface area contributed by atoms with Crippen LogP contribution in [-0.4, -0.2) is 67.0 Å². The highest BCUT2D eigenvalue weighted by Gasteiger charge is 2.54. The molecule has 3 aliphatic rings. The molecule has 172 valence electrons. The lowest BCUT2D eigenvalue weighted by Crippen LogP contribution is -2.52. The monoisotopic (exact) mass is 468 g/mol. The number of carbonyl (C=O) groups excluding carboxylic acids is 3. The van der Waals surface area contributed by atoms with Gasteiger partial charge in [-0.25, -0.2) is 9.10 Å². The fourth-order valence-corrected chi connectivity index (χ4v) is 4.84. The molecule has 2 aromatic carbocycles. The first-order valence-corrected chi connectivity index (χ1v) is 11.1. The van der Waals surface area contributed by atoms with E-state index in [1.54, 1.807) is 24.1 Å². The second-order valence-electron chi connectivity index (χ2n) is 8.28. The first-order valence-electron chi connectivity index (χ1n) is 10.7. The van der Waals surface area contributed by atoms with Crippen molar-refractivity contribution in [2.75, 3.05) is 44.9 Å². The van der Waals surface area contributed by atoms with E-state index in [1.165, 1.54) is 0 Å². The van der Waals surface area contributed by atoms with E-state index >= 15 is 0 Å². The number of thiol groups is 1. The third kappa shape index (κ3) is 3.59. The zero-order chi connectivity index (χ0) is 23.2. The van der Waals surface area contributed by atoms with E-state index in [0.717, 1.165) is 28.6 Å². The molecule has 2 aromatic rings. The Bertz CT molecular complexity index is 1120. The van der Waals surface area contributed by atoms with Crippen LogP contribution in [0.1, 0.15) is 21.5 Å². The molecule has 4 amide bonds. The van der Waals surface area contributed by atoms with Crippen LogP contribution >= 0.6 is 12.8 Å². The van der Waals surface area contributed by atoms with Gasteiger partial charge in [-0.2, -0.15) is 0 Å². The SMILES string of the molecule is COc1ccc2c(c1)C(=O)N(C[C@@]1(c3ccc(N4CCOCC4)cc3)NC(=O)N(S)C1=O)C2. The zero-order valence-corrected chi connectivity index (χ0v) is 19.0. The molecule has 3 heterocycles. The Morgan fingerprint density at radius 2 is 1.82 bits per heavy atom. The van der Waals surface area contributed by atoms with E-state index in [2.05, 4.69) is 23.0 Å². The summed E-state index contributed by atoms with van der Waals surface area (Å²) in [5.74, 6) is -0.145. The highest BCUT2D eigenvalue weighted by molar-refractivity contribution is 7.79. The molecule has 0 saturated carbocycles. The summed E-state index contributed by atoms with van der Waals surface area (Å²) in [5, 5.41) is 2.79. The molecule has 2 saturated heterocycles. The van der Waals surface area contributed by atoms with Crippen LogP contribution in [0.15, 0.2) is 42.5 Å². The van der Waals surface area contributed by atoms with Crippen LogP contribution in [0, 0.1) is 0 Å². The Labute approximate surface area is 196 Å². The third-order valence-electron chi connectivity index (χ3n) is 6.43. The van der Waals surface area contributed by atoms with Crippen molar-refractivity contribution in [2.24, 2.45) is 0 Å². The number of rotatable bonds is 5. The molecule has 0 spiro atoms. The molecule has 3 aliphatic heterocycles. The Kier molecular flexibility index (Phi) is 5.41. The summed E-state index contributed by atoms with van der Waals surface area (Å²) in [6.07, 6.45) is 0. The van der Waals surface area contributed by atoms with Crippen molar-refractivity contribution in [3.8, 4) is 5.75 Å². The standard InChI is InChI=1S/C23H24N4O5S/c1-31-18-7-2-15-13-26(20(28)19(15)12-18)14-23(21(29)27(33)22(30)24-23)16-3-5-17(6-4-16)25-8-10-32-11-9-25/h2-7,12,33H,8-11,13-14H2,1H3,(H,24,30)/t23-/m0/s1. The highest BCUT2D eigenvalue weighted by atomic mass is 32.1. The predicted octanol–water partition coefficient (Wildman–Crippen LogP) is 1.78. The van der Waals surface area contributed by atoms with Crippen molar-refractivity contribution in [1.82, 2.24) is 14.5 Å². The number of hydrogen-bond acceptors (Lipinski definition) is 7. The fourth-order valence-electron chi connectivity index (χ4n) is 4.62. The van der Waals surface area contributed by atoms with Crippen molar-refractivity contribution in [3.05, 3.63) is 59.2 Å². The Morgan fingerprint density at radius 3 is 2.45 bits per heavy atom. The number of methoxy groups -OCH3 is 1. The van der Waals surface area contributed by atoms with Gasteiger partial charge in [-0.1, -0.05) is 31.0 Å². The number of morpholine rings is 1. The van der Waals surface area contributed by atoms with E-state index in [4.69, 9.17) is 9.47 Å². The van der Waals surface area contributed by atoms with Gasteiger partial charge in [-0.3, -0.25) is 9.59 Å². The van der Waals surface area contributed by atoms with Crippen molar-refractivity contribution < 1.29 is 23.9 Å². The van der Waals surface area contributed by atoms with Crippen LogP contribution in [0.3, 0.4) is 0 Å². The average Bonchev–Trinajstić information content (AvgIpc) is 3.28. The van der Waals surface area contributed by atoms with Crippen molar-refractivity contribution in [3.63, 3.8) is 0 Å². The zero-order valence-electron chi connectivity index (χ0n) is 18.1. The van der Waals surface area contributed by atoms with E-state index in [1.807, 2.05) is 30.3 Å². The number of carbonyl (C=O) groups is 3. The molecule has 2 fully saturated rings. The number of ether oxygens (including phenoxy) is 2. The van der Waals surface area contributed by atoms with Crippen LogP contribution in [0.2, 0.25) is 0 Å². The minimum absolute atomic E-state index is 0.0125. The first-order chi connectivity index (χ1) is 15.9. The van der Waals surface area contributed by atoms with E-state index in [0.29, 0.717) is 36.6 Å². The lowest BCUT2D eigenvalue weighted by molar-refractivity contribution is -0.128. The lowest BCUT2D eigenvalue weighted by Gasteiger charge is -2.33. The number of amides is 4. The summed E-state index contributed by atoms with van der Waals surface area (Å²) in [4.78, 5) is 42.6. The summed E-state index contributed by atoms with van der Waals surface area (Å²) in [6, 6.07) is 12.2. The number of urea groups is 1. The van der Waals surface area contributed by atoms with Gasteiger partial charge in [0.25, 0.3) is 11.8 Å². The quantitative estimate of drug-likeness (QED) is 0.514. The minimum atomic E-state index is -1.43. The molecule has 10 heteroatoms. The number of anilines is 1. The number of nitrogens with one attached hydrogen (secondary N) is 1. The third-order valence-corrected chi connectivity index (χ3v) is 6.79. The molecule has 1 N–H and O–H groups in total. The number of fused-ring (bicyclic) bond motifs is 1. The number of benzene rings is 2. The van der Waals surface area contributed by atoms with Crippen molar-refractivity contribution in [1.29, 1.82) is 0 Å². The van der Waals surface area contributed by atoms with Crippen LogP contribution in [0.25, 0.3) is 0 Å². The molecule has 0 unspecified atom stereocenters. The van der Waals surface area contributed by atoms with E-state index in [-0.39, 0.29) is 12.5 Å². The van der Waals surface area contributed by atoms with E-state index in [9.17, 15) is 14.4 Å². The lowest BCUT2D eigenvalue weighted by atomic mass is 9.89. The molecule has 0 bridgehead atoms. The molecule has 0 aromatic heterocycles. The van der Waals surface area contributed by atoms with Gasteiger partial charge in [-0.15, -0.1) is 0 Å². The van der Waals surface area contributed by atoms with Gasteiger partial charge in [0, 0.05) is 30.9 Å². The van der Waals surface area contributed by atoms with Crippen LogP contribution < -0.4 is 15.0 Å². The smallest absolute Gasteiger partial charge is 0.335 e. The number of imide groups is 1. The van der Waals surface area contributed by atoms with E-state index < -0.39 is 17.5 Å². The molecule has 1 atom stereocenters. The molecule has 0 aliphatic carbocycles. The second kappa shape index (κ2) is 8.27. The van der Waals surface area contributed by atoms with Gasteiger partial charge in [0.15, 0.2) is 5.54 Å². The van der Waals surface area contributed by atoms with Gasteiger partial charge in [0.1, 0.15) is 5.75 Å². The van der Waals surface area contributed by atoms with Gasteiger partial charge < -0.3 is 24.6 Å². The van der Waals surface area contributed by atoms with Crippen molar-refractivity contribution in [2.45, 2.75) is 12.1 Å². The molecule has 5 rings (SSSR count). The summed E-state index contributed by atoms with van der Waals surface area (Å²) in [6.45, 7) is 3.22. The minimum Gasteiger partial charge on any atom is -0.497 e. The Balaban J connectivity index is 1.46. The predicted molar refractivity (Wildman–Crippen MR) is 123 cm³/mol. The molecule has 33 heavy (non-hydrogen) atoms. The highest BCUT2D eigenvalue weighted by Crippen LogP contribution is 2.35. The average molecular weight is 469 g/mol. The molecular weight excluding hydrogens is 444 g/mol. The number of nitrogens with zero attached hydrogens (tertiary/aromatic N) is 3. The van der Waals surface area contributed by atoms with Crippen LogP contribution in [0.5, 0.6) is 5.75 Å². The summed E-state index contributed by atoms with van der Waals surface area (Å²) >= 11 is 4.07. The normalized spacial score (nSPS) is 22.6. The second-order valence-corrected chi connectivity index (χ2v) is 8.68. The Hall–Kier alpha value is -3.24. The largest absolute Gasteiger partial charge is 0.497 e. The van der Waals surface area contributed by atoms with Crippen LogP contribution in [0.4, 0.5) is 10.5 Å². The Morgan fingerprint density at radius 1 is 1.09 bits per heavy atom. The topological polar surface area (TPSA) is 91.4 Å². The molecule has 0 radical (unpaired) electrons. The van der Waals surface area contributed by atoms with Gasteiger partial charge in [0.2, 0.25) is 0 Å². The number of hydrogen-bond donors (Lipinski definition) is 2.